The van der Waals surface area contributed by atoms with Gasteiger partial charge in [0.1, 0.15) is 10.6 Å². The van der Waals surface area contributed by atoms with Crippen LogP contribution in [-0.4, -0.2) is 21.8 Å². The van der Waals surface area contributed by atoms with Crippen LogP contribution < -0.4 is 10.6 Å². The number of anilines is 2. The minimum atomic E-state index is -0.419. The summed E-state index contributed by atoms with van der Waals surface area (Å²) in [4.78, 5) is 32.8. The Bertz CT molecular complexity index is 883. The first-order chi connectivity index (χ1) is 11.6. The van der Waals surface area contributed by atoms with Crippen LogP contribution in [-0.2, 0) is 0 Å². The second kappa shape index (κ2) is 7.33. The highest BCUT2D eigenvalue weighted by molar-refractivity contribution is 9.10. The van der Waals surface area contributed by atoms with Crippen molar-refractivity contribution in [1.29, 1.82) is 0 Å². The lowest BCUT2D eigenvalue weighted by Crippen LogP contribution is -2.17. The van der Waals surface area contributed by atoms with Gasteiger partial charge >= 0.3 is 0 Å². The Morgan fingerprint density at radius 3 is 2.71 bits per heavy atom. The molecule has 2 amide bonds. The molecule has 3 aromatic rings. The van der Waals surface area contributed by atoms with Crippen LogP contribution in [0.1, 0.15) is 20.2 Å². The molecule has 120 valence electrons. The molecule has 0 atom stereocenters. The van der Waals surface area contributed by atoms with E-state index in [-0.39, 0.29) is 11.6 Å². The van der Waals surface area contributed by atoms with Gasteiger partial charge in [0.05, 0.1) is 11.9 Å². The van der Waals surface area contributed by atoms with E-state index < -0.39 is 5.91 Å². The lowest BCUT2D eigenvalue weighted by molar-refractivity contribution is 0.102. The van der Waals surface area contributed by atoms with E-state index in [2.05, 4.69) is 36.5 Å². The van der Waals surface area contributed by atoms with Gasteiger partial charge in [-0.3, -0.25) is 14.6 Å². The second-order valence-electron chi connectivity index (χ2n) is 4.67. The number of nitrogens with zero attached hydrogens (tertiary/aromatic N) is 2. The minimum absolute atomic E-state index is 0.182. The first kappa shape index (κ1) is 16.3. The van der Waals surface area contributed by atoms with Gasteiger partial charge < -0.3 is 10.6 Å². The molecule has 0 saturated carbocycles. The Hall–Kier alpha value is -2.58. The molecule has 0 unspecified atom stereocenters. The number of thiophene rings is 1. The maximum atomic E-state index is 12.4. The number of hydrogen-bond acceptors (Lipinski definition) is 5. The van der Waals surface area contributed by atoms with Crippen molar-refractivity contribution < 1.29 is 9.59 Å². The summed E-state index contributed by atoms with van der Waals surface area (Å²) < 4.78 is 0.864. The maximum absolute atomic E-state index is 12.4. The van der Waals surface area contributed by atoms with Gasteiger partial charge in [0.25, 0.3) is 11.8 Å². The molecule has 0 fully saturated rings. The van der Waals surface area contributed by atoms with Crippen molar-refractivity contribution in [2.45, 2.75) is 0 Å². The Balaban J connectivity index is 1.75. The van der Waals surface area contributed by atoms with E-state index in [4.69, 9.17) is 0 Å². The molecule has 3 rings (SSSR count). The largest absolute Gasteiger partial charge is 0.321 e. The Morgan fingerprint density at radius 2 is 1.96 bits per heavy atom. The molecule has 2 aromatic heterocycles. The molecule has 0 aliphatic carbocycles. The van der Waals surface area contributed by atoms with Crippen LogP contribution in [0.15, 0.2) is 58.8 Å². The summed E-state index contributed by atoms with van der Waals surface area (Å²) in [6, 6.07) is 8.95. The van der Waals surface area contributed by atoms with Gasteiger partial charge in [-0.05, 0) is 29.6 Å². The van der Waals surface area contributed by atoms with Gasteiger partial charge in [-0.25, -0.2) is 4.98 Å². The molecule has 0 aliphatic rings. The molecule has 0 aliphatic heterocycles. The number of hydrogen-bond donors (Lipinski definition) is 2. The fraction of sp³-hybridized carbons (Fsp3) is 0. The van der Waals surface area contributed by atoms with Crippen molar-refractivity contribution in [3.05, 3.63) is 69.3 Å². The van der Waals surface area contributed by atoms with E-state index in [9.17, 15) is 9.59 Å². The van der Waals surface area contributed by atoms with E-state index in [0.29, 0.717) is 16.3 Å². The second-order valence-corrected chi connectivity index (χ2v) is 6.50. The van der Waals surface area contributed by atoms with E-state index in [1.54, 1.807) is 23.6 Å². The minimum Gasteiger partial charge on any atom is -0.321 e. The van der Waals surface area contributed by atoms with Crippen molar-refractivity contribution in [3.63, 3.8) is 0 Å². The highest BCUT2D eigenvalue weighted by atomic mass is 79.9. The molecule has 0 radical (unpaired) electrons. The van der Waals surface area contributed by atoms with Crippen LogP contribution >= 0.6 is 27.3 Å². The number of halogens is 1. The fourth-order valence-electron chi connectivity index (χ4n) is 1.94. The average molecular weight is 403 g/mol. The third-order valence-corrected chi connectivity index (χ3v) is 4.40. The summed E-state index contributed by atoms with van der Waals surface area (Å²) in [5.41, 5.74) is 1.28. The van der Waals surface area contributed by atoms with Crippen molar-refractivity contribution in [2.24, 2.45) is 0 Å². The average Bonchev–Trinajstić information content (AvgIpc) is 3.04. The van der Waals surface area contributed by atoms with Crippen molar-refractivity contribution in [1.82, 2.24) is 9.97 Å². The highest BCUT2D eigenvalue weighted by Crippen LogP contribution is 2.25. The Kier molecular flexibility index (Phi) is 4.97. The molecule has 24 heavy (non-hydrogen) atoms. The molecule has 2 N–H and O–H groups in total. The van der Waals surface area contributed by atoms with Gasteiger partial charge in [0, 0.05) is 22.6 Å². The first-order valence-electron chi connectivity index (χ1n) is 6.85. The predicted molar refractivity (Wildman–Crippen MR) is 96.4 cm³/mol. The zero-order valence-electron chi connectivity index (χ0n) is 12.2. The van der Waals surface area contributed by atoms with Gasteiger partial charge in [-0.1, -0.05) is 22.0 Å². The monoisotopic (exact) mass is 402 g/mol. The van der Waals surface area contributed by atoms with Crippen LogP contribution in [0.4, 0.5) is 11.4 Å². The third-order valence-electron chi connectivity index (χ3n) is 3.00. The summed E-state index contributed by atoms with van der Waals surface area (Å²) in [5, 5.41) is 7.22. The standard InChI is InChI=1S/C16H11BrN4O2S/c17-10-2-1-3-11(8-10)20-16(23)14-12(4-7-24-14)21-15(22)13-9-18-5-6-19-13/h1-9H,(H,20,23)(H,21,22). The summed E-state index contributed by atoms with van der Waals surface area (Å²) in [6.45, 7) is 0. The number of rotatable bonds is 4. The molecule has 1 aromatic carbocycles. The number of aromatic nitrogens is 2. The van der Waals surface area contributed by atoms with Gasteiger partial charge in [-0.15, -0.1) is 11.3 Å². The third kappa shape index (κ3) is 3.84. The van der Waals surface area contributed by atoms with Crippen LogP contribution in [0.3, 0.4) is 0 Å². The predicted octanol–water partition coefficient (Wildman–Crippen LogP) is 3.81. The molecule has 6 nitrogen and oxygen atoms in total. The topological polar surface area (TPSA) is 84.0 Å². The Morgan fingerprint density at radius 1 is 1.08 bits per heavy atom. The normalized spacial score (nSPS) is 10.2. The van der Waals surface area contributed by atoms with Gasteiger partial charge in [0.2, 0.25) is 0 Å². The molecule has 0 bridgehead atoms. The van der Waals surface area contributed by atoms with Crippen LogP contribution in [0, 0.1) is 0 Å². The molecule has 8 heteroatoms. The summed E-state index contributed by atoms with van der Waals surface area (Å²) in [6.07, 6.45) is 4.28. The Labute approximate surface area is 150 Å². The maximum Gasteiger partial charge on any atom is 0.275 e. The zero-order valence-corrected chi connectivity index (χ0v) is 14.6. The molecule has 2 heterocycles. The van der Waals surface area contributed by atoms with Crippen LogP contribution in [0.2, 0.25) is 0 Å². The number of carbonyl (C=O) groups is 2. The lowest BCUT2D eigenvalue weighted by atomic mass is 10.3. The summed E-state index contributed by atoms with van der Waals surface area (Å²) in [7, 11) is 0. The zero-order chi connectivity index (χ0) is 16.9. The molecular formula is C16H11BrN4O2S. The first-order valence-corrected chi connectivity index (χ1v) is 8.52. The van der Waals surface area contributed by atoms with E-state index >= 15 is 0 Å². The quantitative estimate of drug-likeness (QED) is 0.694. The summed E-state index contributed by atoms with van der Waals surface area (Å²) in [5.74, 6) is -0.712. The molecule has 0 saturated heterocycles. The SMILES string of the molecule is O=C(Nc1ccsc1C(=O)Nc1cccc(Br)c1)c1cnccn1. The lowest BCUT2D eigenvalue weighted by Gasteiger charge is -2.07. The number of nitrogens with one attached hydrogen (secondary N) is 2. The number of amides is 2. The smallest absolute Gasteiger partial charge is 0.275 e. The van der Waals surface area contributed by atoms with Gasteiger partial charge in [-0.2, -0.15) is 0 Å². The van der Waals surface area contributed by atoms with E-state index in [0.717, 1.165) is 4.47 Å². The van der Waals surface area contributed by atoms with Crippen molar-refractivity contribution in [3.8, 4) is 0 Å². The van der Waals surface area contributed by atoms with Crippen molar-refractivity contribution in [2.75, 3.05) is 10.6 Å². The van der Waals surface area contributed by atoms with Crippen LogP contribution in [0.25, 0.3) is 0 Å². The van der Waals surface area contributed by atoms with E-state index in [1.807, 2.05) is 12.1 Å². The van der Waals surface area contributed by atoms with E-state index in [1.165, 1.54) is 29.9 Å². The van der Waals surface area contributed by atoms with Crippen LogP contribution in [0.5, 0.6) is 0 Å². The fourth-order valence-corrected chi connectivity index (χ4v) is 3.08. The summed E-state index contributed by atoms with van der Waals surface area (Å²) >= 11 is 4.60. The molecular weight excluding hydrogens is 392 g/mol. The molecule has 0 spiro atoms. The number of carbonyl (C=O) groups excluding carboxylic acids is 2. The van der Waals surface area contributed by atoms with Gasteiger partial charge in [0.15, 0.2) is 0 Å². The highest BCUT2D eigenvalue weighted by Gasteiger charge is 2.17. The van der Waals surface area contributed by atoms with Crippen molar-refractivity contribution >= 4 is 50.5 Å². The number of benzene rings is 1.